The number of hydrogen-bond acceptors (Lipinski definition) is 4. The maximum absolute atomic E-state index is 11.7. The van der Waals surface area contributed by atoms with E-state index in [9.17, 15) is 14.4 Å². The molecule has 1 rings (SSSR count). The number of carbonyl (C=O) groups is 3. The van der Waals surface area contributed by atoms with Crippen molar-refractivity contribution in [2.45, 2.75) is 45.6 Å². The smallest absolute Gasteiger partial charge is 0.326 e. The van der Waals surface area contributed by atoms with Crippen molar-refractivity contribution in [3.05, 3.63) is 29.8 Å². The maximum atomic E-state index is 11.7. The third-order valence-electron chi connectivity index (χ3n) is 3.29. The van der Waals surface area contributed by atoms with Gasteiger partial charge in [0.2, 0.25) is 5.91 Å². The molecule has 0 radical (unpaired) electrons. The number of ketones is 1. The fraction of sp³-hybridized carbons (Fsp3) is 0.471. The third-order valence-corrected chi connectivity index (χ3v) is 3.29. The van der Waals surface area contributed by atoms with Gasteiger partial charge in [-0.3, -0.25) is 9.59 Å². The number of carbonyl (C=O) groups excluding carboxylic acids is 2. The third kappa shape index (κ3) is 6.95. The van der Waals surface area contributed by atoms with Crippen LogP contribution in [-0.4, -0.2) is 35.4 Å². The Morgan fingerprint density at radius 2 is 1.87 bits per heavy atom. The topological polar surface area (TPSA) is 92.7 Å². The van der Waals surface area contributed by atoms with E-state index < -0.39 is 12.0 Å². The van der Waals surface area contributed by atoms with E-state index in [0.717, 1.165) is 0 Å². The van der Waals surface area contributed by atoms with Crippen molar-refractivity contribution >= 4 is 17.7 Å². The lowest BCUT2D eigenvalue weighted by Gasteiger charge is -2.13. The largest absolute Gasteiger partial charge is 0.494 e. The molecule has 0 aromatic heterocycles. The molecular formula is C17H23NO5. The number of rotatable bonds is 10. The van der Waals surface area contributed by atoms with Crippen molar-refractivity contribution in [2.75, 3.05) is 6.61 Å². The second kappa shape index (κ2) is 9.61. The van der Waals surface area contributed by atoms with E-state index in [1.165, 1.54) is 6.92 Å². The lowest BCUT2D eigenvalue weighted by atomic mass is 10.1. The van der Waals surface area contributed by atoms with Gasteiger partial charge < -0.3 is 15.2 Å². The molecule has 1 amide bonds. The summed E-state index contributed by atoms with van der Waals surface area (Å²) in [6, 6.07) is 5.96. The molecule has 0 bridgehead atoms. The van der Waals surface area contributed by atoms with Crippen LogP contribution in [0.4, 0.5) is 0 Å². The van der Waals surface area contributed by atoms with Gasteiger partial charge in [-0.2, -0.15) is 0 Å². The van der Waals surface area contributed by atoms with Crippen LogP contribution in [0.1, 0.15) is 49.9 Å². The Morgan fingerprint density at radius 3 is 2.39 bits per heavy atom. The molecule has 1 atom stereocenters. The number of Topliss-reactive ketones (excluding diaryl/α,β-unsaturated/α-hetero) is 1. The van der Waals surface area contributed by atoms with Crippen LogP contribution < -0.4 is 10.1 Å². The van der Waals surface area contributed by atoms with Crippen molar-refractivity contribution in [1.82, 2.24) is 5.32 Å². The molecule has 0 fully saturated rings. The molecule has 6 heteroatoms. The predicted molar refractivity (Wildman–Crippen MR) is 85.7 cm³/mol. The zero-order valence-electron chi connectivity index (χ0n) is 13.5. The summed E-state index contributed by atoms with van der Waals surface area (Å²) in [7, 11) is 0. The molecule has 2 N–H and O–H groups in total. The molecule has 0 saturated carbocycles. The molecule has 23 heavy (non-hydrogen) atoms. The summed E-state index contributed by atoms with van der Waals surface area (Å²) >= 11 is 0. The Hall–Kier alpha value is -2.37. The highest BCUT2D eigenvalue weighted by atomic mass is 16.5. The summed E-state index contributed by atoms with van der Waals surface area (Å²) < 4.78 is 5.48. The van der Waals surface area contributed by atoms with Crippen LogP contribution in [0.2, 0.25) is 0 Å². The van der Waals surface area contributed by atoms with Crippen molar-refractivity contribution in [1.29, 1.82) is 0 Å². The van der Waals surface area contributed by atoms with Crippen molar-refractivity contribution in [3.8, 4) is 5.75 Å². The van der Waals surface area contributed by atoms with Crippen LogP contribution in [0, 0.1) is 0 Å². The standard InChI is InChI=1S/C17H23NO5/c1-3-5-15(17(21)22)18-16(20)6-4-11-23-14-9-7-13(8-10-14)12(2)19/h7-10,15H,3-6,11H2,1-2H3,(H,18,20)(H,21,22). The Labute approximate surface area is 135 Å². The predicted octanol–water partition coefficient (Wildman–Crippen LogP) is 2.42. The molecule has 6 nitrogen and oxygen atoms in total. The summed E-state index contributed by atoms with van der Waals surface area (Å²) in [4.78, 5) is 33.8. The summed E-state index contributed by atoms with van der Waals surface area (Å²) in [6.07, 6.45) is 1.80. The lowest BCUT2D eigenvalue weighted by Crippen LogP contribution is -2.40. The second-order valence-electron chi connectivity index (χ2n) is 5.28. The fourth-order valence-corrected chi connectivity index (χ4v) is 2.02. The Bertz CT molecular complexity index is 538. The van der Waals surface area contributed by atoms with E-state index in [1.54, 1.807) is 24.3 Å². The molecule has 0 heterocycles. The molecule has 0 aliphatic rings. The molecule has 1 aromatic rings. The first-order chi connectivity index (χ1) is 10.9. The number of nitrogens with one attached hydrogen (secondary N) is 1. The second-order valence-corrected chi connectivity index (χ2v) is 5.28. The van der Waals surface area contributed by atoms with Crippen LogP contribution in [0.25, 0.3) is 0 Å². The lowest BCUT2D eigenvalue weighted by molar-refractivity contribution is -0.142. The molecule has 1 unspecified atom stereocenters. The molecule has 1 aromatic carbocycles. The van der Waals surface area contributed by atoms with Gasteiger partial charge in [-0.25, -0.2) is 4.79 Å². The Morgan fingerprint density at radius 1 is 1.22 bits per heavy atom. The zero-order valence-corrected chi connectivity index (χ0v) is 13.5. The van der Waals surface area contributed by atoms with E-state index in [1.807, 2.05) is 6.92 Å². The van der Waals surface area contributed by atoms with Gasteiger partial charge in [-0.05, 0) is 44.0 Å². The normalized spacial score (nSPS) is 11.6. The minimum Gasteiger partial charge on any atom is -0.494 e. The van der Waals surface area contributed by atoms with Crippen molar-refractivity contribution in [2.24, 2.45) is 0 Å². The van der Waals surface area contributed by atoms with Crippen LogP contribution in [0.15, 0.2) is 24.3 Å². The van der Waals surface area contributed by atoms with Crippen LogP contribution in [0.5, 0.6) is 5.75 Å². The van der Waals surface area contributed by atoms with Gasteiger partial charge in [0.05, 0.1) is 6.61 Å². The maximum Gasteiger partial charge on any atom is 0.326 e. The van der Waals surface area contributed by atoms with E-state index >= 15 is 0 Å². The van der Waals surface area contributed by atoms with E-state index in [-0.39, 0.29) is 18.1 Å². The summed E-state index contributed by atoms with van der Waals surface area (Å²) in [5.74, 6) is -0.679. The van der Waals surface area contributed by atoms with Gasteiger partial charge >= 0.3 is 5.97 Å². The zero-order chi connectivity index (χ0) is 17.2. The monoisotopic (exact) mass is 321 g/mol. The number of benzene rings is 1. The number of amides is 1. The van der Waals surface area contributed by atoms with E-state index in [4.69, 9.17) is 9.84 Å². The molecule has 0 aliphatic carbocycles. The van der Waals surface area contributed by atoms with Gasteiger partial charge in [0, 0.05) is 12.0 Å². The van der Waals surface area contributed by atoms with Gasteiger partial charge in [0.1, 0.15) is 11.8 Å². The molecular weight excluding hydrogens is 298 g/mol. The van der Waals surface area contributed by atoms with E-state index in [0.29, 0.717) is 37.2 Å². The number of carboxylic acids is 1. The van der Waals surface area contributed by atoms with Crippen LogP contribution in [-0.2, 0) is 9.59 Å². The van der Waals surface area contributed by atoms with Gasteiger partial charge in [0.25, 0.3) is 0 Å². The van der Waals surface area contributed by atoms with Crippen molar-refractivity contribution in [3.63, 3.8) is 0 Å². The summed E-state index contributed by atoms with van der Waals surface area (Å²) in [5.41, 5.74) is 0.618. The average Bonchev–Trinajstić information content (AvgIpc) is 2.51. The fourth-order valence-electron chi connectivity index (χ4n) is 2.02. The first kappa shape index (κ1) is 18.7. The SMILES string of the molecule is CCCC(NC(=O)CCCOc1ccc(C(C)=O)cc1)C(=O)O. The first-order valence-corrected chi connectivity index (χ1v) is 7.70. The summed E-state index contributed by atoms with van der Waals surface area (Å²) in [5, 5.41) is 11.5. The van der Waals surface area contributed by atoms with Crippen LogP contribution in [0.3, 0.4) is 0 Å². The minimum atomic E-state index is -1.01. The summed E-state index contributed by atoms with van der Waals surface area (Å²) in [6.45, 7) is 3.71. The van der Waals surface area contributed by atoms with Crippen molar-refractivity contribution < 1.29 is 24.2 Å². The Balaban J connectivity index is 2.29. The van der Waals surface area contributed by atoms with E-state index in [2.05, 4.69) is 5.32 Å². The minimum absolute atomic E-state index is 0.00622. The van der Waals surface area contributed by atoms with Crippen LogP contribution >= 0.6 is 0 Å². The Kier molecular flexibility index (Phi) is 7.80. The molecule has 0 spiro atoms. The first-order valence-electron chi connectivity index (χ1n) is 7.70. The number of hydrogen-bond donors (Lipinski definition) is 2. The van der Waals surface area contributed by atoms with Gasteiger partial charge in [-0.1, -0.05) is 13.3 Å². The highest BCUT2D eigenvalue weighted by Gasteiger charge is 2.18. The number of ether oxygens (including phenoxy) is 1. The average molecular weight is 321 g/mol. The molecule has 0 saturated heterocycles. The molecule has 0 aliphatic heterocycles. The number of carboxylic acid groups (broad SMARTS) is 1. The molecule has 126 valence electrons. The van der Waals surface area contributed by atoms with Gasteiger partial charge in [0.15, 0.2) is 5.78 Å². The van der Waals surface area contributed by atoms with Gasteiger partial charge in [-0.15, -0.1) is 0 Å². The highest BCUT2D eigenvalue weighted by Crippen LogP contribution is 2.13. The number of aliphatic carboxylic acids is 1. The quantitative estimate of drug-likeness (QED) is 0.510. The highest BCUT2D eigenvalue weighted by molar-refractivity contribution is 5.94.